The minimum atomic E-state index is -1.48. The summed E-state index contributed by atoms with van der Waals surface area (Å²) in [6.45, 7) is 0.261. The number of carboxylic acid groups (broad SMARTS) is 1. The second kappa shape index (κ2) is 9.97. The molecule has 7 N–H and O–H groups in total. The van der Waals surface area contributed by atoms with Gasteiger partial charge in [0.25, 0.3) is 0 Å². The number of carbonyl (C=O) groups is 4. The lowest BCUT2D eigenvalue weighted by molar-refractivity contribution is -0.143. The Hall–Kier alpha value is -1.85. The predicted molar refractivity (Wildman–Crippen MR) is 79.1 cm³/mol. The average molecular weight is 336 g/mol. The lowest BCUT2D eigenvalue weighted by Gasteiger charge is -2.19. The molecule has 0 saturated heterocycles. The molecule has 0 saturated carbocycles. The Morgan fingerprint density at radius 3 is 2.14 bits per heavy atom. The van der Waals surface area contributed by atoms with Gasteiger partial charge in [-0.3, -0.25) is 14.4 Å². The molecule has 0 aromatic rings. The molecule has 0 fully saturated rings. The quantitative estimate of drug-likeness (QED) is 0.213. The molecule has 0 radical (unpaired) electrons. The zero-order chi connectivity index (χ0) is 17.3. The second-order valence-corrected chi connectivity index (χ2v) is 4.76. The summed E-state index contributed by atoms with van der Waals surface area (Å²) in [6, 6.07) is -3.38. The van der Waals surface area contributed by atoms with E-state index in [2.05, 4.69) is 23.3 Å². The molecule has 22 heavy (non-hydrogen) atoms. The molecule has 11 heteroatoms. The Morgan fingerprint density at radius 1 is 1.14 bits per heavy atom. The van der Waals surface area contributed by atoms with E-state index in [9.17, 15) is 19.2 Å². The van der Waals surface area contributed by atoms with E-state index in [0.717, 1.165) is 0 Å². The van der Waals surface area contributed by atoms with E-state index < -0.39 is 48.4 Å². The summed E-state index contributed by atoms with van der Waals surface area (Å²) >= 11 is 3.88. The van der Waals surface area contributed by atoms with Crippen molar-refractivity contribution in [3.8, 4) is 0 Å². The van der Waals surface area contributed by atoms with Gasteiger partial charge in [0.2, 0.25) is 17.7 Å². The fraction of sp³-hybridized carbons (Fsp3) is 0.636. The minimum Gasteiger partial charge on any atom is -0.480 e. The summed E-state index contributed by atoms with van der Waals surface area (Å²) in [5.41, 5.74) is 5.30. The molecule has 0 aromatic carbocycles. The van der Waals surface area contributed by atoms with Gasteiger partial charge in [-0.2, -0.15) is 12.6 Å². The fourth-order valence-corrected chi connectivity index (χ4v) is 1.48. The molecule has 0 aliphatic heterocycles. The molecule has 0 aliphatic rings. The summed E-state index contributed by atoms with van der Waals surface area (Å²) in [5, 5.41) is 24.1. The van der Waals surface area contributed by atoms with Crippen LogP contribution in [0.1, 0.15) is 6.92 Å². The largest absolute Gasteiger partial charge is 0.480 e. The van der Waals surface area contributed by atoms with Gasteiger partial charge >= 0.3 is 5.97 Å². The van der Waals surface area contributed by atoms with Crippen LogP contribution in [0, 0.1) is 0 Å². The van der Waals surface area contributed by atoms with E-state index in [4.69, 9.17) is 15.9 Å². The zero-order valence-electron chi connectivity index (χ0n) is 11.9. The summed E-state index contributed by atoms with van der Waals surface area (Å²) in [7, 11) is 0. The summed E-state index contributed by atoms with van der Waals surface area (Å²) in [5.74, 6) is -3.53. The van der Waals surface area contributed by atoms with E-state index in [-0.39, 0.29) is 12.3 Å². The number of rotatable bonds is 9. The standard InChI is InChI=1S/C11H20N4O6S/c1-5(12)9(18)13-2-8(17)14-7(4-22)10(19)15-6(3-16)11(20)21/h5-7,16,22H,2-4,12H2,1H3,(H,13,18)(H,14,17)(H,15,19)(H,20,21). The molecule has 0 aromatic heterocycles. The first kappa shape index (κ1) is 20.1. The lowest BCUT2D eigenvalue weighted by atomic mass is 10.2. The predicted octanol–water partition coefficient (Wildman–Crippen LogP) is -3.57. The zero-order valence-corrected chi connectivity index (χ0v) is 12.8. The maximum atomic E-state index is 11.8. The van der Waals surface area contributed by atoms with Crippen molar-refractivity contribution in [2.24, 2.45) is 5.73 Å². The van der Waals surface area contributed by atoms with E-state index >= 15 is 0 Å². The normalized spacial score (nSPS) is 14.4. The Balaban J connectivity index is 4.46. The third-order valence-corrected chi connectivity index (χ3v) is 2.83. The van der Waals surface area contributed by atoms with Gasteiger partial charge < -0.3 is 31.9 Å². The third kappa shape index (κ3) is 7.24. The van der Waals surface area contributed by atoms with Crippen molar-refractivity contribution < 1.29 is 29.4 Å². The number of hydrogen-bond acceptors (Lipinski definition) is 7. The third-order valence-electron chi connectivity index (χ3n) is 2.47. The number of carbonyl (C=O) groups excluding carboxylic acids is 3. The van der Waals surface area contributed by atoms with Gasteiger partial charge in [0, 0.05) is 5.75 Å². The number of aliphatic hydroxyl groups excluding tert-OH is 1. The van der Waals surface area contributed by atoms with Gasteiger partial charge in [0.05, 0.1) is 19.2 Å². The molecular weight excluding hydrogens is 316 g/mol. The van der Waals surface area contributed by atoms with Crippen LogP contribution in [0.5, 0.6) is 0 Å². The van der Waals surface area contributed by atoms with Crippen molar-refractivity contribution in [1.82, 2.24) is 16.0 Å². The van der Waals surface area contributed by atoms with E-state index in [0.29, 0.717) is 0 Å². The Labute approximate surface area is 132 Å². The highest BCUT2D eigenvalue weighted by molar-refractivity contribution is 7.80. The summed E-state index contributed by atoms with van der Waals surface area (Å²) in [4.78, 5) is 45.3. The van der Waals surface area contributed by atoms with Crippen molar-refractivity contribution in [3.63, 3.8) is 0 Å². The highest BCUT2D eigenvalue weighted by Gasteiger charge is 2.25. The number of carboxylic acids is 1. The van der Waals surface area contributed by atoms with Gasteiger partial charge in [-0.05, 0) is 6.92 Å². The van der Waals surface area contributed by atoms with Crippen LogP contribution in [0.2, 0.25) is 0 Å². The molecule has 0 aliphatic carbocycles. The first-order valence-electron chi connectivity index (χ1n) is 6.30. The Bertz CT molecular complexity index is 431. The van der Waals surface area contributed by atoms with Crippen molar-refractivity contribution in [1.29, 1.82) is 0 Å². The molecule has 0 bridgehead atoms. The highest BCUT2D eigenvalue weighted by atomic mass is 32.1. The van der Waals surface area contributed by atoms with Crippen LogP contribution >= 0.6 is 12.6 Å². The number of aliphatic carboxylic acids is 1. The number of nitrogens with one attached hydrogen (secondary N) is 3. The first-order chi connectivity index (χ1) is 10.2. The molecule has 0 spiro atoms. The minimum absolute atomic E-state index is 0.101. The smallest absolute Gasteiger partial charge is 0.328 e. The molecule has 0 rings (SSSR count). The van der Waals surface area contributed by atoms with Crippen LogP contribution in [0.15, 0.2) is 0 Å². The van der Waals surface area contributed by atoms with Gasteiger partial charge in [-0.1, -0.05) is 0 Å². The second-order valence-electron chi connectivity index (χ2n) is 4.39. The van der Waals surface area contributed by atoms with Crippen LogP contribution in [-0.4, -0.2) is 70.9 Å². The monoisotopic (exact) mass is 336 g/mol. The van der Waals surface area contributed by atoms with Crippen molar-refractivity contribution in [2.45, 2.75) is 25.0 Å². The maximum Gasteiger partial charge on any atom is 0.328 e. The molecule has 3 atom stereocenters. The van der Waals surface area contributed by atoms with Crippen LogP contribution in [0.25, 0.3) is 0 Å². The average Bonchev–Trinajstić information content (AvgIpc) is 2.46. The molecule has 0 heterocycles. The van der Waals surface area contributed by atoms with Gasteiger partial charge in [0.15, 0.2) is 0 Å². The summed E-state index contributed by atoms with van der Waals surface area (Å²) < 4.78 is 0. The van der Waals surface area contributed by atoms with E-state index in [1.807, 2.05) is 5.32 Å². The van der Waals surface area contributed by atoms with Crippen LogP contribution in [-0.2, 0) is 19.2 Å². The van der Waals surface area contributed by atoms with Gasteiger partial charge in [-0.15, -0.1) is 0 Å². The number of amides is 3. The molecule has 3 unspecified atom stereocenters. The molecule has 3 amide bonds. The topological polar surface area (TPSA) is 171 Å². The lowest BCUT2D eigenvalue weighted by Crippen LogP contribution is -2.55. The maximum absolute atomic E-state index is 11.8. The Morgan fingerprint density at radius 2 is 1.73 bits per heavy atom. The first-order valence-corrected chi connectivity index (χ1v) is 6.93. The Kier molecular flexibility index (Phi) is 9.13. The van der Waals surface area contributed by atoms with E-state index in [1.165, 1.54) is 6.92 Å². The fourth-order valence-electron chi connectivity index (χ4n) is 1.23. The van der Waals surface area contributed by atoms with Crippen molar-refractivity contribution >= 4 is 36.3 Å². The number of nitrogens with two attached hydrogens (primary N) is 1. The highest BCUT2D eigenvalue weighted by Crippen LogP contribution is 1.92. The number of hydrogen-bond donors (Lipinski definition) is 7. The van der Waals surface area contributed by atoms with Crippen LogP contribution in [0.3, 0.4) is 0 Å². The number of thiol groups is 1. The molecular formula is C11H20N4O6S. The number of aliphatic hydroxyl groups is 1. The van der Waals surface area contributed by atoms with Crippen LogP contribution < -0.4 is 21.7 Å². The summed E-state index contributed by atoms with van der Waals surface area (Å²) in [6.07, 6.45) is 0. The molecule has 10 nitrogen and oxygen atoms in total. The van der Waals surface area contributed by atoms with Crippen molar-refractivity contribution in [2.75, 3.05) is 18.9 Å². The molecule has 126 valence electrons. The van der Waals surface area contributed by atoms with E-state index in [1.54, 1.807) is 0 Å². The van der Waals surface area contributed by atoms with Crippen molar-refractivity contribution in [3.05, 3.63) is 0 Å². The SMILES string of the molecule is CC(N)C(=O)NCC(=O)NC(CS)C(=O)NC(CO)C(=O)O. The van der Waals surface area contributed by atoms with Gasteiger partial charge in [-0.25, -0.2) is 4.79 Å². The van der Waals surface area contributed by atoms with Gasteiger partial charge in [0.1, 0.15) is 12.1 Å². The van der Waals surface area contributed by atoms with Crippen LogP contribution in [0.4, 0.5) is 0 Å².